The third kappa shape index (κ3) is 5.95. The highest BCUT2D eigenvalue weighted by Gasteiger charge is 2.11. The van der Waals surface area contributed by atoms with Crippen molar-refractivity contribution in [2.75, 3.05) is 13.1 Å². The van der Waals surface area contributed by atoms with Crippen LogP contribution in [0.3, 0.4) is 0 Å². The van der Waals surface area contributed by atoms with Crippen LogP contribution in [0.4, 0.5) is 4.39 Å². The zero-order valence-electron chi connectivity index (χ0n) is 14.2. The second-order valence-electron chi connectivity index (χ2n) is 5.71. The van der Waals surface area contributed by atoms with Crippen LogP contribution in [0.25, 0.3) is 0 Å². The van der Waals surface area contributed by atoms with E-state index < -0.39 is 0 Å². The minimum Gasteiger partial charge on any atom is -0.486 e. The molecule has 0 aliphatic rings. The lowest BCUT2D eigenvalue weighted by molar-refractivity contribution is -0.123. The molecule has 0 radical (unpaired) electrons. The quantitative estimate of drug-likeness (QED) is 0.718. The molecule has 2 N–H and O–H groups in total. The molecule has 0 aliphatic heterocycles. The van der Waals surface area contributed by atoms with Crippen molar-refractivity contribution in [1.82, 2.24) is 10.6 Å². The fourth-order valence-corrected chi connectivity index (χ4v) is 1.92. The molecule has 6 nitrogen and oxygen atoms in total. The molecule has 0 saturated carbocycles. The van der Waals surface area contributed by atoms with E-state index in [0.717, 1.165) is 0 Å². The molecule has 1 aromatic carbocycles. The summed E-state index contributed by atoms with van der Waals surface area (Å²) in [5, 5.41) is 5.36. The number of nitrogens with one attached hydrogen (secondary N) is 2. The van der Waals surface area contributed by atoms with E-state index in [4.69, 9.17) is 9.15 Å². The highest BCUT2D eigenvalue weighted by Crippen LogP contribution is 2.15. The second kappa shape index (κ2) is 8.86. The van der Waals surface area contributed by atoms with Gasteiger partial charge in [-0.05, 0) is 36.4 Å². The molecule has 0 atom stereocenters. The Kier molecular flexibility index (Phi) is 6.56. The van der Waals surface area contributed by atoms with E-state index in [1.807, 2.05) is 0 Å². The van der Waals surface area contributed by atoms with Crippen LogP contribution in [0, 0.1) is 11.7 Å². The summed E-state index contributed by atoms with van der Waals surface area (Å²) in [7, 11) is 0. The number of carbonyl (C=O) groups is 2. The van der Waals surface area contributed by atoms with Gasteiger partial charge in [-0.15, -0.1) is 0 Å². The molecule has 7 heteroatoms. The maximum absolute atomic E-state index is 12.8. The Morgan fingerprint density at radius 3 is 2.44 bits per heavy atom. The topological polar surface area (TPSA) is 80.6 Å². The normalized spacial score (nSPS) is 10.6. The van der Waals surface area contributed by atoms with Gasteiger partial charge in [0.2, 0.25) is 5.91 Å². The van der Waals surface area contributed by atoms with Gasteiger partial charge >= 0.3 is 0 Å². The molecule has 0 unspecified atom stereocenters. The largest absolute Gasteiger partial charge is 0.486 e. The average Bonchev–Trinajstić information content (AvgIpc) is 3.07. The molecule has 1 aromatic heterocycles. The fraction of sp³-hybridized carbons (Fsp3) is 0.333. The van der Waals surface area contributed by atoms with Crippen LogP contribution in [0.15, 0.2) is 40.8 Å². The van der Waals surface area contributed by atoms with Gasteiger partial charge < -0.3 is 19.8 Å². The molecule has 134 valence electrons. The van der Waals surface area contributed by atoms with Crippen LogP contribution >= 0.6 is 0 Å². The van der Waals surface area contributed by atoms with Crippen molar-refractivity contribution >= 4 is 11.8 Å². The molecule has 2 rings (SSSR count). The van der Waals surface area contributed by atoms with Crippen molar-refractivity contribution in [3.8, 4) is 5.75 Å². The first-order valence-electron chi connectivity index (χ1n) is 7.98. The summed E-state index contributed by atoms with van der Waals surface area (Å²) in [6, 6.07) is 8.81. The van der Waals surface area contributed by atoms with Gasteiger partial charge in [-0.2, -0.15) is 0 Å². The van der Waals surface area contributed by atoms with E-state index in [0.29, 0.717) is 24.6 Å². The summed E-state index contributed by atoms with van der Waals surface area (Å²) in [5.74, 6) is 0.276. The van der Waals surface area contributed by atoms with E-state index >= 15 is 0 Å². The molecule has 2 aromatic rings. The van der Waals surface area contributed by atoms with Gasteiger partial charge in [-0.1, -0.05) is 13.8 Å². The summed E-state index contributed by atoms with van der Waals surface area (Å²) in [5.41, 5.74) is 0. The highest BCUT2D eigenvalue weighted by molar-refractivity contribution is 5.91. The molecular formula is C18H21FN2O4. The average molecular weight is 348 g/mol. The SMILES string of the molecule is CC(C)C(=O)NCCNC(=O)c1ccc(COc2ccc(F)cc2)o1. The first-order chi connectivity index (χ1) is 12.0. The van der Waals surface area contributed by atoms with Crippen LogP contribution in [-0.4, -0.2) is 24.9 Å². The number of hydrogen-bond donors (Lipinski definition) is 2. The Morgan fingerprint density at radius 1 is 1.08 bits per heavy atom. The van der Waals surface area contributed by atoms with E-state index in [1.165, 1.54) is 24.3 Å². The molecule has 0 aliphatic carbocycles. The molecule has 0 bridgehead atoms. The van der Waals surface area contributed by atoms with Crippen LogP contribution < -0.4 is 15.4 Å². The van der Waals surface area contributed by atoms with Gasteiger partial charge in [0, 0.05) is 19.0 Å². The molecule has 1 heterocycles. The number of benzene rings is 1. The van der Waals surface area contributed by atoms with Crippen LogP contribution in [-0.2, 0) is 11.4 Å². The molecular weight excluding hydrogens is 327 g/mol. The van der Waals surface area contributed by atoms with Crippen molar-refractivity contribution < 1.29 is 23.1 Å². The lowest BCUT2D eigenvalue weighted by Gasteiger charge is -2.08. The number of carbonyl (C=O) groups excluding carboxylic acids is 2. The number of rotatable bonds is 8. The monoisotopic (exact) mass is 348 g/mol. The van der Waals surface area contributed by atoms with Crippen molar-refractivity contribution in [2.45, 2.75) is 20.5 Å². The lowest BCUT2D eigenvalue weighted by atomic mass is 10.2. The predicted molar refractivity (Wildman–Crippen MR) is 89.6 cm³/mol. The number of halogens is 1. The van der Waals surface area contributed by atoms with Crippen LogP contribution in [0.5, 0.6) is 5.75 Å². The maximum atomic E-state index is 12.8. The standard InChI is InChI=1S/C18H21FN2O4/c1-12(2)17(22)20-9-10-21-18(23)16-8-7-15(25-16)11-24-14-5-3-13(19)4-6-14/h3-8,12H,9-11H2,1-2H3,(H,20,22)(H,21,23). The van der Waals surface area contributed by atoms with E-state index in [2.05, 4.69) is 10.6 Å². The summed E-state index contributed by atoms with van der Waals surface area (Å²) in [6.07, 6.45) is 0. The minimum absolute atomic E-state index is 0.0625. The molecule has 0 saturated heterocycles. The van der Waals surface area contributed by atoms with Crippen molar-refractivity contribution in [2.24, 2.45) is 5.92 Å². The third-order valence-electron chi connectivity index (χ3n) is 3.31. The smallest absolute Gasteiger partial charge is 0.287 e. The predicted octanol–water partition coefficient (Wildman–Crippen LogP) is 2.50. The number of hydrogen-bond acceptors (Lipinski definition) is 4. The Hall–Kier alpha value is -2.83. The van der Waals surface area contributed by atoms with Gasteiger partial charge in [-0.25, -0.2) is 4.39 Å². The summed E-state index contributed by atoms with van der Waals surface area (Å²) < 4.78 is 23.7. The molecule has 0 spiro atoms. The Morgan fingerprint density at radius 2 is 1.76 bits per heavy atom. The van der Waals surface area contributed by atoms with Crippen LogP contribution in [0.1, 0.15) is 30.2 Å². The van der Waals surface area contributed by atoms with Gasteiger partial charge in [0.15, 0.2) is 5.76 Å². The van der Waals surface area contributed by atoms with E-state index in [1.54, 1.807) is 26.0 Å². The molecule has 2 amide bonds. The Labute approximate surface area is 145 Å². The Balaban J connectivity index is 1.75. The number of amides is 2. The van der Waals surface area contributed by atoms with Crippen molar-refractivity contribution in [3.05, 3.63) is 53.7 Å². The van der Waals surface area contributed by atoms with E-state index in [-0.39, 0.29) is 35.9 Å². The van der Waals surface area contributed by atoms with Gasteiger partial charge in [0.25, 0.3) is 5.91 Å². The van der Waals surface area contributed by atoms with Crippen LogP contribution in [0.2, 0.25) is 0 Å². The van der Waals surface area contributed by atoms with E-state index in [9.17, 15) is 14.0 Å². The minimum atomic E-state index is -0.369. The zero-order chi connectivity index (χ0) is 18.2. The summed E-state index contributed by atoms with van der Waals surface area (Å²) in [6.45, 7) is 4.38. The maximum Gasteiger partial charge on any atom is 0.287 e. The second-order valence-corrected chi connectivity index (χ2v) is 5.71. The molecule has 0 fully saturated rings. The third-order valence-corrected chi connectivity index (χ3v) is 3.31. The Bertz CT molecular complexity index is 710. The fourth-order valence-electron chi connectivity index (χ4n) is 1.92. The molecule has 25 heavy (non-hydrogen) atoms. The van der Waals surface area contributed by atoms with Crippen molar-refractivity contribution in [3.63, 3.8) is 0 Å². The van der Waals surface area contributed by atoms with Gasteiger partial charge in [0.05, 0.1) is 0 Å². The first-order valence-corrected chi connectivity index (χ1v) is 7.98. The first kappa shape index (κ1) is 18.5. The number of ether oxygens (including phenoxy) is 1. The zero-order valence-corrected chi connectivity index (χ0v) is 14.2. The van der Waals surface area contributed by atoms with Crippen molar-refractivity contribution in [1.29, 1.82) is 0 Å². The number of furan rings is 1. The van der Waals surface area contributed by atoms with Gasteiger partial charge in [-0.3, -0.25) is 9.59 Å². The summed E-state index contributed by atoms with van der Waals surface area (Å²) in [4.78, 5) is 23.3. The lowest BCUT2D eigenvalue weighted by Crippen LogP contribution is -2.36. The highest BCUT2D eigenvalue weighted by atomic mass is 19.1. The van der Waals surface area contributed by atoms with Gasteiger partial charge in [0.1, 0.15) is 23.9 Å². The summed E-state index contributed by atoms with van der Waals surface area (Å²) >= 11 is 0.